The van der Waals surface area contributed by atoms with E-state index in [9.17, 15) is 13.2 Å². The molecule has 0 spiro atoms. The fourth-order valence-electron chi connectivity index (χ4n) is 3.04. The van der Waals surface area contributed by atoms with Gasteiger partial charge < -0.3 is 10.2 Å². The van der Waals surface area contributed by atoms with Crippen LogP contribution in [0, 0.1) is 5.92 Å². The third-order valence-corrected chi connectivity index (χ3v) is 4.33. The molecule has 2 unspecified atom stereocenters. The van der Waals surface area contributed by atoms with E-state index in [1.54, 1.807) is 0 Å². The number of likely N-dealkylation sites (tertiary alicyclic amines) is 1. The van der Waals surface area contributed by atoms with Crippen LogP contribution in [0.4, 0.5) is 13.2 Å². The van der Waals surface area contributed by atoms with Gasteiger partial charge >= 0.3 is 6.18 Å². The van der Waals surface area contributed by atoms with Gasteiger partial charge in [-0.1, -0.05) is 6.42 Å². The summed E-state index contributed by atoms with van der Waals surface area (Å²) < 4.78 is 38.6. The van der Waals surface area contributed by atoms with E-state index in [2.05, 4.69) is 17.3 Å². The molecule has 1 N–H and O–H groups in total. The number of nitrogens with one attached hydrogen (secondary N) is 1. The molecule has 6 heteroatoms. The third kappa shape index (κ3) is 4.33. The van der Waals surface area contributed by atoms with E-state index in [1.165, 1.54) is 12.8 Å². The third-order valence-electron chi connectivity index (χ3n) is 4.33. The van der Waals surface area contributed by atoms with Crippen LogP contribution >= 0.6 is 0 Å². The molecular formula is C13H24F3N3. The van der Waals surface area contributed by atoms with Crippen molar-refractivity contribution in [3.8, 4) is 0 Å². The summed E-state index contributed by atoms with van der Waals surface area (Å²) >= 11 is 0. The summed E-state index contributed by atoms with van der Waals surface area (Å²) in [5, 5.41) is 2.91. The molecule has 2 atom stereocenters. The molecule has 0 radical (unpaired) electrons. The average Bonchev–Trinajstić information content (AvgIpc) is 2.57. The van der Waals surface area contributed by atoms with Crippen LogP contribution in [0.5, 0.6) is 0 Å². The molecule has 0 bridgehead atoms. The van der Waals surface area contributed by atoms with Gasteiger partial charge in [0.2, 0.25) is 0 Å². The number of nitrogens with zero attached hydrogens (tertiary/aromatic N) is 2. The fraction of sp³-hybridized carbons (Fsp3) is 1.00. The van der Waals surface area contributed by atoms with Crippen LogP contribution in [0.25, 0.3) is 0 Å². The number of hydrogen-bond donors (Lipinski definition) is 1. The molecule has 0 amide bonds. The molecule has 2 fully saturated rings. The van der Waals surface area contributed by atoms with Gasteiger partial charge in [-0.15, -0.1) is 0 Å². The van der Waals surface area contributed by atoms with Gasteiger partial charge in [-0.25, -0.2) is 0 Å². The van der Waals surface area contributed by atoms with E-state index in [-0.39, 0.29) is 13.1 Å². The topological polar surface area (TPSA) is 18.5 Å². The zero-order valence-electron chi connectivity index (χ0n) is 11.5. The molecule has 2 aliphatic heterocycles. The molecule has 2 rings (SSSR count). The summed E-state index contributed by atoms with van der Waals surface area (Å²) in [6, 6.07) is 0.417. The van der Waals surface area contributed by atoms with Gasteiger partial charge in [0.1, 0.15) is 0 Å². The van der Waals surface area contributed by atoms with Gasteiger partial charge in [0.15, 0.2) is 0 Å². The Bertz CT molecular complexity index is 283. The lowest BCUT2D eigenvalue weighted by atomic mass is 10.0. The summed E-state index contributed by atoms with van der Waals surface area (Å²) in [6.07, 6.45) is -0.575. The number of rotatable bonds is 2. The molecule has 0 saturated carbocycles. The van der Waals surface area contributed by atoms with Crippen molar-refractivity contribution in [2.45, 2.75) is 31.5 Å². The monoisotopic (exact) mass is 279 g/mol. The quantitative estimate of drug-likeness (QED) is 0.827. The predicted molar refractivity (Wildman–Crippen MR) is 69.1 cm³/mol. The second-order valence-corrected chi connectivity index (χ2v) is 5.83. The Morgan fingerprint density at radius 1 is 1.21 bits per heavy atom. The van der Waals surface area contributed by atoms with Crippen LogP contribution in [-0.4, -0.2) is 68.3 Å². The maximum atomic E-state index is 12.9. The zero-order chi connectivity index (χ0) is 13.9. The van der Waals surface area contributed by atoms with Gasteiger partial charge in [0, 0.05) is 38.8 Å². The Labute approximate surface area is 113 Å². The second kappa shape index (κ2) is 6.41. The van der Waals surface area contributed by atoms with Crippen LogP contribution < -0.4 is 5.32 Å². The normalized spacial score (nSPS) is 32.2. The lowest BCUT2D eigenvalue weighted by Crippen LogP contribution is -2.47. The fourth-order valence-corrected chi connectivity index (χ4v) is 3.04. The first-order chi connectivity index (χ1) is 8.97. The minimum absolute atomic E-state index is 0.0561. The summed E-state index contributed by atoms with van der Waals surface area (Å²) in [6.45, 7) is 3.41. The highest BCUT2D eigenvalue weighted by atomic mass is 19.4. The van der Waals surface area contributed by atoms with Crippen molar-refractivity contribution in [3.63, 3.8) is 0 Å². The predicted octanol–water partition coefficient (Wildman–Crippen LogP) is 1.55. The van der Waals surface area contributed by atoms with Crippen LogP contribution in [0.3, 0.4) is 0 Å². The van der Waals surface area contributed by atoms with Crippen molar-refractivity contribution in [1.29, 1.82) is 0 Å². The van der Waals surface area contributed by atoms with E-state index in [4.69, 9.17) is 0 Å². The minimum atomic E-state index is -4.09. The van der Waals surface area contributed by atoms with Crippen molar-refractivity contribution in [2.24, 2.45) is 5.92 Å². The van der Waals surface area contributed by atoms with Crippen LogP contribution in [0.1, 0.15) is 19.3 Å². The second-order valence-electron chi connectivity index (χ2n) is 5.83. The highest BCUT2D eigenvalue weighted by molar-refractivity contribution is 4.83. The van der Waals surface area contributed by atoms with Crippen molar-refractivity contribution in [1.82, 2.24) is 15.1 Å². The Balaban J connectivity index is 1.91. The SMILES string of the molecule is CN1CCCCC1CN1CCNCC(C(F)(F)F)C1. The lowest BCUT2D eigenvalue weighted by molar-refractivity contribution is -0.176. The molecule has 112 valence electrons. The highest BCUT2D eigenvalue weighted by Crippen LogP contribution is 2.28. The summed E-state index contributed by atoms with van der Waals surface area (Å²) in [7, 11) is 2.08. The summed E-state index contributed by atoms with van der Waals surface area (Å²) in [5.41, 5.74) is 0. The summed E-state index contributed by atoms with van der Waals surface area (Å²) in [4.78, 5) is 4.29. The molecule has 0 aromatic carbocycles. The van der Waals surface area contributed by atoms with E-state index >= 15 is 0 Å². The molecule has 0 aliphatic carbocycles. The summed E-state index contributed by atoms with van der Waals surface area (Å²) in [5.74, 6) is -1.23. The average molecular weight is 279 g/mol. The van der Waals surface area contributed by atoms with Gasteiger partial charge in [0.25, 0.3) is 0 Å². The first-order valence-corrected chi connectivity index (χ1v) is 7.17. The molecule has 0 aromatic rings. The zero-order valence-corrected chi connectivity index (χ0v) is 11.5. The van der Waals surface area contributed by atoms with Crippen molar-refractivity contribution < 1.29 is 13.2 Å². The Morgan fingerprint density at radius 2 is 2.00 bits per heavy atom. The van der Waals surface area contributed by atoms with Gasteiger partial charge in [-0.2, -0.15) is 13.2 Å². The maximum absolute atomic E-state index is 12.9. The first-order valence-electron chi connectivity index (χ1n) is 7.17. The molecular weight excluding hydrogens is 255 g/mol. The van der Waals surface area contributed by atoms with Gasteiger partial charge in [-0.05, 0) is 26.4 Å². The Morgan fingerprint density at radius 3 is 2.68 bits per heavy atom. The van der Waals surface area contributed by atoms with Gasteiger partial charge in [0.05, 0.1) is 5.92 Å². The first kappa shape index (κ1) is 15.1. The largest absolute Gasteiger partial charge is 0.394 e. The maximum Gasteiger partial charge on any atom is 0.394 e. The number of hydrogen-bond acceptors (Lipinski definition) is 3. The van der Waals surface area contributed by atoms with Gasteiger partial charge in [-0.3, -0.25) is 4.90 Å². The number of alkyl halides is 3. The van der Waals surface area contributed by atoms with Crippen LogP contribution in [0.2, 0.25) is 0 Å². The van der Waals surface area contributed by atoms with E-state index in [1.807, 2.05) is 4.90 Å². The standard InChI is InChI=1S/C13H24F3N3/c1-18-6-3-2-4-12(18)10-19-7-5-17-8-11(9-19)13(14,15)16/h11-12,17H,2-10H2,1H3. The molecule has 2 heterocycles. The minimum Gasteiger partial charge on any atom is -0.315 e. The molecule has 2 aliphatic rings. The Hall–Kier alpha value is -0.330. The van der Waals surface area contributed by atoms with Crippen molar-refractivity contribution >= 4 is 0 Å². The number of halogens is 3. The smallest absolute Gasteiger partial charge is 0.315 e. The Kier molecular flexibility index (Phi) is 5.09. The number of piperidine rings is 1. The van der Waals surface area contributed by atoms with E-state index in [0.717, 1.165) is 26.1 Å². The molecule has 3 nitrogen and oxygen atoms in total. The van der Waals surface area contributed by atoms with Crippen molar-refractivity contribution in [2.75, 3.05) is 46.3 Å². The van der Waals surface area contributed by atoms with Crippen LogP contribution in [0.15, 0.2) is 0 Å². The van der Waals surface area contributed by atoms with Crippen LogP contribution in [-0.2, 0) is 0 Å². The lowest BCUT2D eigenvalue weighted by Gasteiger charge is -2.36. The molecule has 19 heavy (non-hydrogen) atoms. The van der Waals surface area contributed by atoms with Crippen molar-refractivity contribution in [3.05, 3.63) is 0 Å². The molecule has 2 saturated heterocycles. The highest BCUT2D eigenvalue weighted by Gasteiger charge is 2.41. The van der Waals surface area contributed by atoms with E-state index < -0.39 is 12.1 Å². The number of likely N-dealkylation sites (N-methyl/N-ethyl adjacent to an activating group) is 1. The van der Waals surface area contributed by atoms with E-state index in [0.29, 0.717) is 12.6 Å². The molecule has 0 aromatic heterocycles.